The molecule has 110 valence electrons. The monoisotopic (exact) mass is 353 g/mol. The van der Waals surface area contributed by atoms with Gasteiger partial charge in [0.15, 0.2) is 11.6 Å². The van der Waals surface area contributed by atoms with E-state index in [1.54, 1.807) is 12.1 Å². The molecule has 2 aromatic carbocycles. The molecule has 1 N–H and O–H groups in total. The van der Waals surface area contributed by atoms with E-state index in [4.69, 9.17) is 4.74 Å². The molecule has 1 fully saturated rings. The number of benzene rings is 2. The third-order valence-electron chi connectivity index (χ3n) is 3.28. The summed E-state index contributed by atoms with van der Waals surface area (Å²) in [7, 11) is 0. The zero-order valence-electron chi connectivity index (χ0n) is 11.2. The summed E-state index contributed by atoms with van der Waals surface area (Å²) in [6.45, 7) is 0.644. The lowest BCUT2D eigenvalue weighted by Gasteiger charge is -2.10. The first-order valence-electron chi connectivity index (χ1n) is 6.76. The highest BCUT2D eigenvalue weighted by Crippen LogP contribution is 2.32. The van der Waals surface area contributed by atoms with Crippen LogP contribution in [0, 0.1) is 11.6 Å². The van der Waals surface area contributed by atoms with Crippen LogP contribution >= 0.6 is 15.9 Å². The van der Waals surface area contributed by atoms with Gasteiger partial charge in [0.1, 0.15) is 11.6 Å². The van der Waals surface area contributed by atoms with Gasteiger partial charge in [-0.05, 0) is 58.6 Å². The first-order valence-corrected chi connectivity index (χ1v) is 7.56. The first kappa shape index (κ1) is 14.5. The summed E-state index contributed by atoms with van der Waals surface area (Å²) < 4.78 is 33.2. The minimum absolute atomic E-state index is 0.0801. The van der Waals surface area contributed by atoms with Crippen molar-refractivity contribution in [2.75, 3.05) is 0 Å². The van der Waals surface area contributed by atoms with Crippen molar-refractivity contribution in [3.63, 3.8) is 0 Å². The molecule has 5 heteroatoms. The fourth-order valence-electron chi connectivity index (χ4n) is 1.96. The molecular weight excluding hydrogens is 340 g/mol. The summed E-state index contributed by atoms with van der Waals surface area (Å²) in [5.41, 5.74) is 0.866. The molecule has 0 unspecified atom stereocenters. The van der Waals surface area contributed by atoms with E-state index < -0.39 is 11.6 Å². The summed E-state index contributed by atoms with van der Waals surface area (Å²) in [5, 5.41) is 3.32. The number of rotatable bonds is 5. The summed E-state index contributed by atoms with van der Waals surface area (Å²) in [6.07, 6.45) is 2.38. The smallest absolute Gasteiger partial charge is 0.166 e. The Morgan fingerprint density at radius 3 is 2.62 bits per heavy atom. The van der Waals surface area contributed by atoms with Crippen LogP contribution in [-0.4, -0.2) is 6.04 Å². The lowest BCUT2D eigenvalue weighted by molar-refractivity contribution is 0.435. The Morgan fingerprint density at radius 1 is 1.10 bits per heavy atom. The number of hydrogen-bond donors (Lipinski definition) is 1. The van der Waals surface area contributed by atoms with E-state index in [-0.39, 0.29) is 11.5 Å². The second kappa shape index (κ2) is 6.12. The number of halogens is 3. The van der Waals surface area contributed by atoms with Crippen molar-refractivity contribution < 1.29 is 13.5 Å². The van der Waals surface area contributed by atoms with Crippen LogP contribution in [0.15, 0.2) is 40.9 Å². The minimum atomic E-state index is -0.457. The molecule has 2 aromatic rings. The van der Waals surface area contributed by atoms with Gasteiger partial charge in [-0.2, -0.15) is 0 Å². The molecule has 0 spiro atoms. The maximum atomic E-state index is 14.0. The third kappa shape index (κ3) is 3.80. The highest BCUT2D eigenvalue weighted by atomic mass is 79.9. The molecular formula is C16H14BrF2NO. The average molecular weight is 354 g/mol. The summed E-state index contributed by atoms with van der Waals surface area (Å²) in [4.78, 5) is 0. The number of hydrogen-bond acceptors (Lipinski definition) is 2. The molecule has 0 heterocycles. The molecule has 2 nitrogen and oxygen atoms in total. The summed E-state index contributed by atoms with van der Waals surface area (Å²) >= 11 is 3.25. The van der Waals surface area contributed by atoms with E-state index in [1.165, 1.54) is 37.1 Å². The molecule has 21 heavy (non-hydrogen) atoms. The second-order valence-corrected chi connectivity index (χ2v) is 5.95. The molecule has 1 saturated carbocycles. The van der Waals surface area contributed by atoms with Gasteiger partial charge >= 0.3 is 0 Å². The third-order valence-corrected chi connectivity index (χ3v) is 3.94. The number of ether oxygens (including phenoxy) is 1. The van der Waals surface area contributed by atoms with Crippen LogP contribution in [0.5, 0.6) is 11.5 Å². The molecule has 0 bridgehead atoms. The van der Waals surface area contributed by atoms with E-state index in [1.807, 2.05) is 0 Å². The standard InChI is InChI=1S/C16H14BrF2NO/c17-13-5-2-11(18)8-16(13)21-15-6-1-10(7-14(15)19)9-20-12-3-4-12/h1-2,5-8,12,20H,3-4,9H2. The van der Waals surface area contributed by atoms with E-state index in [0.29, 0.717) is 17.1 Å². The topological polar surface area (TPSA) is 21.3 Å². The van der Waals surface area contributed by atoms with Gasteiger partial charge < -0.3 is 10.1 Å². The molecule has 0 saturated heterocycles. The highest BCUT2D eigenvalue weighted by Gasteiger charge is 2.20. The lowest BCUT2D eigenvalue weighted by atomic mass is 10.2. The van der Waals surface area contributed by atoms with Crippen LogP contribution in [0.25, 0.3) is 0 Å². The van der Waals surface area contributed by atoms with Gasteiger partial charge in [-0.1, -0.05) is 6.07 Å². The fourth-order valence-corrected chi connectivity index (χ4v) is 2.29. The zero-order valence-corrected chi connectivity index (χ0v) is 12.8. The molecule has 0 atom stereocenters. The van der Waals surface area contributed by atoms with Gasteiger partial charge in [-0.3, -0.25) is 0 Å². The van der Waals surface area contributed by atoms with Gasteiger partial charge in [0.05, 0.1) is 4.47 Å². The highest BCUT2D eigenvalue weighted by molar-refractivity contribution is 9.10. The van der Waals surface area contributed by atoms with Gasteiger partial charge in [0.2, 0.25) is 0 Å². The predicted molar refractivity (Wildman–Crippen MR) is 80.4 cm³/mol. The molecule has 1 aliphatic rings. The van der Waals surface area contributed by atoms with Crippen LogP contribution < -0.4 is 10.1 Å². The first-order chi connectivity index (χ1) is 10.1. The van der Waals surface area contributed by atoms with Crippen LogP contribution in [0.2, 0.25) is 0 Å². The van der Waals surface area contributed by atoms with E-state index >= 15 is 0 Å². The Kier molecular flexibility index (Phi) is 4.22. The van der Waals surface area contributed by atoms with Gasteiger partial charge in [0, 0.05) is 18.7 Å². The van der Waals surface area contributed by atoms with Crippen molar-refractivity contribution >= 4 is 15.9 Å². The lowest BCUT2D eigenvalue weighted by Crippen LogP contribution is -2.15. The largest absolute Gasteiger partial charge is 0.453 e. The van der Waals surface area contributed by atoms with Crippen molar-refractivity contribution in [3.05, 3.63) is 58.1 Å². The predicted octanol–water partition coefficient (Wildman–Crippen LogP) is 4.77. The second-order valence-electron chi connectivity index (χ2n) is 5.10. The van der Waals surface area contributed by atoms with Crippen molar-refractivity contribution in [2.45, 2.75) is 25.4 Å². The maximum Gasteiger partial charge on any atom is 0.166 e. The molecule has 0 amide bonds. The average Bonchev–Trinajstić information content (AvgIpc) is 3.27. The van der Waals surface area contributed by atoms with Crippen LogP contribution in [0.1, 0.15) is 18.4 Å². The Balaban J connectivity index is 1.74. The molecule has 3 rings (SSSR count). The quantitative estimate of drug-likeness (QED) is 0.835. The maximum absolute atomic E-state index is 14.0. The molecule has 1 aliphatic carbocycles. The Hall–Kier alpha value is -1.46. The van der Waals surface area contributed by atoms with Gasteiger partial charge in [-0.25, -0.2) is 8.78 Å². The molecule has 0 aromatic heterocycles. The van der Waals surface area contributed by atoms with Crippen molar-refractivity contribution in [2.24, 2.45) is 0 Å². The van der Waals surface area contributed by atoms with Crippen LogP contribution in [-0.2, 0) is 6.54 Å². The fraction of sp³-hybridized carbons (Fsp3) is 0.250. The van der Waals surface area contributed by atoms with Crippen molar-refractivity contribution in [1.29, 1.82) is 0 Å². The normalized spacial score (nSPS) is 14.2. The van der Waals surface area contributed by atoms with Crippen LogP contribution in [0.4, 0.5) is 8.78 Å². The molecule has 0 radical (unpaired) electrons. The van der Waals surface area contributed by atoms with Crippen molar-refractivity contribution in [3.8, 4) is 11.5 Å². The van der Waals surface area contributed by atoms with Gasteiger partial charge in [0.25, 0.3) is 0 Å². The summed E-state index contributed by atoms with van der Waals surface area (Å²) in [5.74, 6) is -0.561. The Bertz CT molecular complexity index is 659. The zero-order chi connectivity index (χ0) is 14.8. The van der Waals surface area contributed by atoms with Gasteiger partial charge in [-0.15, -0.1) is 0 Å². The minimum Gasteiger partial charge on any atom is -0.453 e. The Morgan fingerprint density at radius 2 is 1.90 bits per heavy atom. The van der Waals surface area contributed by atoms with Crippen LogP contribution in [0.3, 0.4) is 0 Å². The van der Waals surface area contributed by atoms with Crippen molar-refractivity contribution in [1.82, 2.24) is 5.32 Å². The van der Waals surface area contributed by atoms with E-state index in [2.05, 4.69) is 21.2 Å². The summed E-state index contributed by atoms with van der Waals surface area (Å²) in [6, 6.07) is 9.44. The van der Waals surface area contributed by atoms with E-state index in [9.17, 15) is 8.78 Å². The Labute approximate surface area is 130 Å². The van der Waals surface area contributed by atoms with E-state index in [0.717, 1.165) is 5.56 Å². The molecule has 0 aliphatic heterocycles. The SMILES string of the molecule is Fc1ccc(Br)c(Oc2ccc(CNC3CC3)cc2F)c1. The number of nitrogens with one attached hydrogen (secondary N) is 1.